The van der Waals surface area contributed by atoms with Gasteiger partial charge in [0.2, 0.25) is 0 Å². The summed E-state index contributed by atoms with van der Waals surface area (Å²) >= 11 is 0. The van der Waals surface area contributed by atoms with E-state index >= 15 is 0 Å². The first-order chi connectivity index (χ1) is 9.56. The fourth-order valence-electron chi connectivity index (χ4n) is 2.12. The van der Waals surface area contributed by atoms with Gasteiger partial charge in [0.25, 0.3) is 0 Å². The molecule has 0 aliphatic carbocycles. The number of terminal acetylenes is 1. The largest absolute Gasteiger partial charge is 0.480 e. The SMILES string of the molecule is C#CCC(CC)NC(=O)N1CCC(OCC(=O)O)CC1. The Morgan fingerprint density at radius 3 is 2.65 bits per heavy atom. The van der Waals surface area contributed by atoms with E-state index in [2.05, 4.69) is 11.2 Å². The molecule has 6 nitrogen and oxygen atoms in total. The number of piperidine rings is 1. The van der Waals surface area contributed by atoms with Gasteiger partial charge in [-0.05, 0) is 19.3 Å². The molecular formula is C14H22N2O4. The van der Waals surface area contributed by atoms with Crippen molar-refractivity contribution >= 4 is 12.0 Å². The molecule has 6 heteroatoms. The number of hydrogen-bond donors (Lipinski definition) is 2. The number of carbonyl (C=O) groups excluding carboxylic acids is 1. The van der Waals surface area contributed by atoms with Crippen LogP contribution >= 0.6 is 0 Å². The third kappa shape index (κ3) is 5.49. The lowest BCUT2D eigenvalue weighted by molar-refractivity contribution is -0.145. The summed E-state index contributed by atoms with van der Waals surface area (Å²) in [4.78, 5) is 24.2. The molecule has 0 saturated carbocycles. The number of carbonyl (C=O) groups is 2. The van der Waals surface area contributed by atoms with E-state index in [-0.39, 0.29) is 24.8 Å². The molecule has 0 radical (unpaired) electrons. The molecule has 1 unspecified atom stereocenters. The average molecular weight is 282 g/mol. The lowest BCUT2D eigenvalue weighted by Crippen LogP contribution is -2.48. The minimum atomic E-state index is -0.967. The molecule has 1 atom stereocenters. The van der Waals surface area contributed by atoms with Crippen molar-refractivity contribution in [2.24, 2.45) is 0 Å². The highest BCUT2D eigenvalue weighted by molar-refractivity contribution is 5.74. The zero-order valence-corrected chi connectivity index (χ0v) is 11.8. The first kappa shape index (κ1) is 16.3. The van der Waals surface area contributed by atoms with E-state index in [1.807, 2.05) is 6.92 Å². The zero-order valence-electron chi connectivity index (χ0n) is 11.8. The van der Waals surface area contributed by atoms with Gasteiger partial charge in [0.05, 0.1) is 6.10 Å². The number of rotatable bonds is 6. The lowest BCUT2D eigenvalue weighted by Gasteiger charge is -2.32. The number of urea groups is 1. The Morgan fingerprint density at radius 1 is 1.50 bits per heavy atom. The predicted octanol–water partition coefficient (Wildman–Crippen LogP) is 1.06. The van der Waals surface area contributed by atoms with Gasteiger partial charge in [0.1, 0.15) is 6.61 Å². The maximum Gasteiger partial charge on any atom is 0.329 e. The van der Waals surface area contributed by atoms with Gasteiger partial charge in [-0.25, -0.2) is 9.59 Å². The highest BCUT2D eigenvalue weighted by Gasteiger charge is 2.24. The molecule has 1 aliphatic heterocycles. The molecule has 1 aliphatic rings. The Labute approximate surface area is 119 Å². The van der Waals surface area contributed by atoms with Gasteiger partial charge in [-0.15, -0.1) is 12.3 Å². The van der Waals surface area contributed by atoms with Gasteiger partial charge in [-0.2, -0.15) is 0 Å². The summed E-state index contributed by atoms with van der Waals surface area (Å²) in [5.41, 5.74) is 0. The average Bonchev–Trinajstić information content (AvgIpc) is 2.45. The maximum atomic E-state index is 12.0. The second kappa shape index (κ2) is 8.43. The molecule has 0 aromatic heterocycles. The van der Waals surface area contributed by atoms with Gasteiger partial charge < -0.3 is 20.1 Å². The summed E-state index contributed by atoms with van der Waals surface area (Å²) in [6.45, 7) is 2.84. The summed E-state index contributed by atoms with van der Waals surface area (Å²) in [6.07, 6.45) is 7.82. The fraction of sp³-hybridized carbons (Fsp3) is 0.714. The van der Waals surface area contributed by atoms with Crippen molar-refractivity contribution in [1.82, 2.24) is 10.2 Å². The van der Waals surface area contributed by atoms with Crippen LogP contribution in [-0.4, -0.2) is 53.8 Å². The Bertz CT molecular complexity index is 370. The molecule has 112 valence electrons. The standard InChI is InChI=1S/C14H22N2O4/c1-3-5-11(4-2)15-14(19)16-8-6-12(7-9-16)20-10-13(17)18/h1,11-12H,4-10H2,2H3,(H,15,19)(H,17,18). The van der Waals surface area contributed by atoms with Crippen molar-refractivity contribution in [2.75, 3.05) is 19.7 Å². The zero-order chi connectivity index (χ0) is 15.0. The van der Waals surface area contributed by atoms with E-state index in [0.717, 1.165) is 6.42 Å². The topological polar surface area (TPSA) is 78.9 Å². The van der Waals surface area contributed by atoms with E-state index in [9.17, 15) is 9.59 Å². The lowest BCUT2D eigenvalue weighted by atomic mass is 10.1. The van der Waals surface area contributed by atoms with E-state index in [0.29, 0.717) is 32.4 Å². The number of ether oxygens (including phenoxy) is 1. The summed E-state index contributed by atoms with van der Waals surface area (Å²) in [5.74, 6) is 1.59. The molecular weight excluding hydrogens is 260 g/mol. The third-order valence-electron chi connectivity index (χ3n) is 3.36. The van der Waals surface area contributed by atoms with Crippen LogP contribution in [0.1, 0.15) is 32.6 Å². The monoisotopic (exact) mass is 282 g/mol. The number of likely N-dealkylation sites (tertiary alicyclic amines) is 1. The predicted molar refractivity (Wildman–Crippen MR) is 74.2 cm³/mol. The number of carboxylic acid groups (broad SMARTS) is 1. The molecule has 20 heavy (non-hydrogen) atoms. The molecule has 2 amide bonds. The van der Waals surface area contributed by atoms with Crippen LogP contribution in [0, 0.1) is 12.3 Å². The van der Waals surface area contributed by atoms with Gasteiger partial charge in [0.15, 0.2) is 0 Å². The van der Waals surface area contributed by atoms with E-state index in [4.69, 9.17) is 16.3 Å². The molecule has 1 rings (SSSR count). The summed E-state index contributed by atoms with van der Waals surface area (Å²) < 4.78 is 5.23. The molecule has 1 saturated heterocycles. The highest BCUT2D eigenvalue weighted by atomic mass is 16.5. The fourth-order valence-corrected chi connectivity index (χ4v) is 2.12. The quantitative estimate of drug-likeness (QED) is 0.714. The minimum Gasteiger partial charge on any atom is -0.480 e. The van der Waals surface area contributed by atoms with Crippen molar-refractivity contribution in [3.63, 3.8) is 0 Å². The number of aliphatic carboxylic acids is 1. The van der Waals surface area contributed by atoms with Crippen molar-refractivity contribution in [1.29, 1.82) is 0 Å². The molecule has 2 N–H and O–H groups in total. The first-order valence-corrected chi connectivity index (χ1v) is 6.89. The molecule has 1 heterocycles. The summed E-state index contributed by atoms with van der Waals surface area (Å²) in [5, 5.41) is 11.5. The van der Waals surface area contributed by atoms with Gasteiger partial charge >= 0.3 is 12.0 Å². The number of nitrogens with zero attached hydrogens (tertiary/aromatic N) is 1. The Kier molecular flexibility index (Phi) is 6.88. The van der Waals surface area contributed by atoms with Crippen molar-refractivity contribution < 1.29 is 19.4 Å². The number of carboxylic acids is 1. The van der Waals surface area contributed by atoms with Gasteiger partial charge in [-0.3, -0.25) is 0 Å². The van der Waals surface area contributed by atoms with Crippen molar-refractivity contribution in [3.8, 4) is 12.3 Å². The molecule has 0 aromatic rings. The van der Waals surface area contributed by atoms with Gasteiger partial charge in [-0.1, -0.05) is 6.92 Å². The molecule has 0 aromatic carbocycles. The normalized spacial score (nSPS) is 17.3. The van der Waals surface area contributed by atoms with Crippen molar-refractivity contribution in [2.45, 2.75) is 44.8 Å². The minimum absolute atomic E-state index is 0.00786. The Balaban J connectivity index is 2.31. The van der Waals surface area contributed by atoms with Crippen LogP contribution in [0.4, 0.5) is 4.79 Å². The van der Waals surface area contributed by atoms with Crippen LogP contribution in [0.15, 0.2) is 0 Å². The number of amides is 2. The van der Waals surface area contributed by atoms with E-state index in [1.54, 1.807) is 4.90 Å². The van der Waals surface area contributed by atoms with Crippen LogP contribution in [0.3, 0.4) is 0 Å². The van der Waals surface area contributed by atoms with Crippen LogP contribution in [0.25, 0.3) is 0 Å². The van der Waals surface area contributed by atoms with E-state index in [1.165, 1.54) is 0 Å². The number of hydrogen-bond acceptors (Lipinski definition) is 3. The highest BCUT2D eigenvalue weighted by Crippen LogP contribution is 2.14. The van der Waals surface area contributed by atoms with Crippen LogP contribution in [0.5, 0.6) is 0 Å². The maximum absolute atomic E-state index is 12.0. The second-order valence-electron chi connectivity index (χ2n) is 4.85. The molecule has 0 bridgehead atoms. The smallest absolute Gasteiger partial charge is 0.329 e. The summed E-state index contributed by atoms with van der Waals surface area (Å²) in [6, 6.07) is -0.0998. The molecule has 0 spiro atoms. The Morgan fingerprint density at radius 2 is 2.15 bits per heavy atom. The second-order valence-corrected chi connectivity index (χ2v) is 4.85. The van der Waals surface area contributed by atoms with Crippen molar-refractivity contribution in [3.05, 3.63) is 0 Å². The number of nitrogens with one attached hydrogen (secondary N) is 1. The summed E-state index contributed by atoms with van der Waals surface area (Å²) in [7, 11) is 0. The van der Waals surface area contributed by atoms with Gasteiger partial charge in [0, 0.05) is 25.6 Å². The van der Waals surface area contributed by atoms with Crippen LogP contribution < -0.4 is 5.32 Å². The first-order valence-electron chi connectivity index (χ1n) is 6.89. The Hall–Kier alpha value is -1.74. The van der Waals surface area contributed by atoms with Crippen LogP contribution in [-0.2, 0) is 9.53 Å². The van der Waals surface area contributed by atoms with Crippen LogP contribution in [0.2, 0.25) is 0 Å². The third-order valence-corrected chi connectivity index (χ3v) is 3.36. The molecule has 1 fully saturated rings. The van der Waals surface area contributed by atoms with E-state index < -0.39 is 5.97 Å².